The van der Waals surface area contributed by atoms with Crippen LogP contribution in [0, 0.1) is 0 Å². The number of aromatic nitrogens is 2. The Bertz CT molecular complexity index is 1200. The van der Waals surface area contributed by atoms with Crippen molar-refractivity contribution in [2.75, 3.05) is 7.11 Å². The number of hydrogen-bond acceptors (Lipinski definition) is 3. The molecule has 0 amide bonds. The van der Waals surface area contributed by atoms with Crippen molar-refractivity contribution in [3.05, 3.63) is 63.2 Å². The van der Waals surface area contributed by atoms with Crippen LogP contribution in [0.5, 0.6) is 0 Å². The van der Waals surface area contributed by atoms with E-state index in [9.17, 15) is 4.79 Å². The smallest absolute Gasteiger partial charge is 0.374 e. The fourth-order valence-corrected chi connectivity index (χ4v) is 4.19. The first-order valence-electron chi connectivity index (χ1n) is 8.96. The standard InChI is InChI=1S/C21H17BBr2N2O2/c1-3-22(28-2)21(27)16-10-20(26-19-9-13(24)4-6-14(16)19)17-11-25-18-7-5-12(23)8-15(17)18/h4-11,25H,3H2,1-2H3. The molecule has 2 heterocycles. The Balaban J connectivity index is 1.99. The molecular weight excluding hydrogens is 483 g/mol. The van der Waals surface area contributed by atoms with Crippen LogP contribution in [0.2, 0.25) is 6.32 Å². The van der Waals surface area contributed by atoms with Crippen LogP contribution < -0.4 is 0 Å². The van der Waals surface area contributed by atoms with E-state index in [0.29, 0.717) is 11.9 Å². The zero-order valence-corrected chi connectivity index (χ0v) is 18.6. The summed E-state index contributed by atoms with van der Waals surface area (Å²) in [6, 6.07) is 13.7. The first kappa shape index (κ1) is 19.4. The minimum absolute atomic E-state index is 0.0259. The summed E-state index contributed by atoms with van der Waals surface area (Å²) in [5, 5.41) is 1.88. The number of nitrogens with one attached hydrogen (secondary N) is 1. The molecule has 140 valence electrons. The van der Waals surface area contributed by atoms with Crippen LogP contribution in [0.1, 0.15) is 17.3 Å². The molecule has 0 spiro atoms. The zero-order valence-electron chi connectivity index (χ0n) is 15.4. The fourth-order valence-electron chi connectivity index (χ4n) is 3.48. The molecule has 4 nitrogen and oxygen atoms in total. The Morgan fingerprint density at radius 1 is 1.11 bits per heavy atom. The molecule has 0 saturated heterocycles. The Labute approximate surface area is 180 Å². The van der Waals surface area contributed by atoms with Crippen LogP contribution >= 0.6 is 31.9 Å². The molecule has 1 N–H and O–H groups in total. The first-order valence-corrected chi connectivity index (χ1v) is 10.5. The molecule has 0 radical (unpaired) electrons. The average Bonchev–Trinajstić information content (AvgIpc) is 3.10. The van der Waals surface area contributed by atoms with E-state index in [2.05, 4.69) is 42.9 Å². The second-order valence-electron chi connectivity index (χ2n) is 6.61. The maximum Gasteiger partial charge on any atom is 0.374 e. The van der Waals surface area contributed by atoms with Crippen LogP contribution in [-0.2, 0) is 4.65 Å². The van der Waals surface area contributed by atoms with Crippen molar-refractivity contribution in [2.45, 2.75) is 13.2 Å². The maximum absolute atomic E-state index is 13.2. The topological polar surface area (TPSA) is 55.0 Å². The summed E-state index contributed by atoms with van der Waals surface area (Å²) in [6.07, 6.45) is 2.55. The Kier molecular flexibility index (Phi) is 5.40. The molecule has 0 fully saturated rings. The molecule has 0 saturated carbocycles. The third kappa shape index (κ3) is 3.43. The summed E-state index contributed by atoms with van der Waals surface area (Å²) in [7, 11) is 1.57. The number of carbonyl (C=O) groups is 1. The van der Waals surface area contributed by atoms with Crippen LogP contribution in [-0.4, -0.2) is 29.7 Å². The van der Waals surface area contributed by atoms with E-state index in [1.54, 1.807) is 7.11 Å². The van der Waals surface area contributed by atoms with Crippen molar-refractivity contribution >= 4 is 66.3 Å². The third-order valence-corrected chi connectivity index (χ3v) is 5.89. The van der Waals surface area contributed by atoms with Gasteiger partial charge in [0.2, 0.25) is 0 Å². The van der Waals surface area contributed by atoms with Gasteiger partial charge >= 0.3 is 6.92 Å². The van der Waals surface area contributed by atoms with E-state index >= 15 is 0 Å². The SMILES string of the molecule is CCB(OC)C(=O)c1cc(-c2c[nH]c3ccc(Br)cc23)nc2cc(Br)ccc12. The van der Waals surface area contributed by atoms with Gasteiger partial charge in [-0.1, -0.05) is 44.8 Å². The van der Waals surface area contributed by atoms with Gasteiger partial charge in [0.25, 0.3) is 0 Å². The van der Waals surface area contributed by atoms with Gasteiger partial charge in [-0.25, -0.2) is 4.98 Å². The lowest BCUT2D eigenvalue weighted by Gasteiger charge is -2.12. The van der Waals surface area contributed by atoms with E-state index in [1.807, 2.05) is 49.5 Å². The average molecular weight is 500 g/mol. The third-order valence-electron chi connectivity index (χ3n) is 4.90. The Hall–Kier alpha value is -1.96. The molecule has 28 heavy (non-hydrogen) atoms. The minimum Gasteiger partial charge on any atom is -0.431 e. The summed E-state index contributed by atoms with van der Waals surface area (Å²) in [5.41, 5.74) is 4.10. The summed E-state index contributed by atoms with van der Waals surface area (Å²) >= 11 is 7.05. The molecule has 4 rings (SSSR count). The fraction of sp³-hybridized carbons (Fsp3) is 0.143. The van der Waals surface area contributed by atoms with Crippen LogP contribution in [0.3, 0.4) is 0 Å². The lowest BCUT2D eigenvalue weighted by Crippen LogP contribution is -2.27. The summed E-state index contributed by atoms with van der Waals surface area (Å²) in [6.45, 7) is 1.48. The van der Waals surface area contributed by atoms with Crippen molar-refractivity contribution in [1.82, 2.24) is 9.97 Å². The lowest BCUT2D eigenvalue weighted by molar-refractivity contribution is 0.105. The largest absolute Gasteiger partial charge is 0.431 e. The van der Waals surface area contributed by atoms with E-state index in [0.717, 1.165) is 42.0 Å². The Morgan fingerprint density at radius 3 is 2.61 bits per heavy atom. The predicted molar refractivity (Wildman–Crippen MR) is 122 cm³/mol. The second-order valence-corrected chi connectivity index (χ2v) is 8.44. The predicted octanol–water partition coefficient (Wildman–Crippen LogP) is 6.29. The van der Waals surface area contributed by atoms with E-state index in [4.69, 9.17) is 9.64 Å². The summed E-state index contributed by atoms with van der Waals surface area (Å²) in [5.74, 6) is 0. The van der Waals surface area contributed by atoms with Crippen molar-refractivity contribution in [2.24, 2.45) is 0 Å². The number of halogens is 2. The second kappa shape index (κ2) is 7.81. The number of hydrogen-bond donors (Lipinski definition) is 1. The van der Waals surface area contributed by atoms with Gasteiger partial charge in [0.05, 0.1) is 11.2 Å². The number of fused-ring (bicyclic) bond motifs is 2. The number of rotatable bonds is 5. The number of aromatic amines is 1. The molecule has 0 atom stereocenters. The quantitative estimate of drug-likeness (QED) is 0.328. The molecule has 2 aromatic heterocycles. The highest BCUT2D eigenvalue weighted by molar-refractivity contribution is 9.10. The molecule has 0 aliphatic heterocycles. The molecule has 0 unspecified atom stereocenters. The van der Waals surface area contributed by atoms with Crippen LogP contribution in [0.25, 0.3) is 33.1 Å². The highest BCUT2D eigenvalue weighted by atomic mass is 79.9. The first-order chi connectivity index (χ1) is 13.5. The molecule has 0 bridgehead atoms. The number of benzene rings is 2. The van der Waals surface area contributed by atoms with Gasteiger partial charge in [-0.2, -0.15) is 0 Å². The molecule has 4 aromatic rings. The van der Waals surface area contributed by atoms with Gasteiger partial charge in [0.15, 0.2) is 5.68 Å². The number of pyridine rings is 1. The van der Waals surface area contributed by atoms with Gasteiger partial charge in [-0.05, 0) is 42.7 Å². The molecule has 7 heteroatoms. The van der Waals surface area contributed by atoms with E-state index in [1.165, 1.54) is 0 Å². The van der Waals surface area contributed by atoms with Crippen molar-refractivity contribution < 1.29 is 9.45 Å². The van der Waals surface area contributed by atoms with E-state index < -0.39 is 6.92 Å². The molecule has 0 aliphatic carbocycles. The van der Waals surface area contributed by atoms with Crippen LogP contribution in [0.4, 0.5) is 0 Å². The minimum atomic E-state index is -0.473. The van der Waals surface area contributed by atoms with Gasteiger partial charge in [-0.15, -0.1) is 0 Å². The van der Waals surface area contributed by atoms with Crippen LogP contribution in [0.15, 0.2) is 57.6 Å². The van der Waals surface area contributed by atoms with Gasteiger partial charge < -0.3 is 14.4 Å². The summed E-state index contributed by atoms with van der Waals surface area (Å²) < 4.78 is 7.32. The van der Waals surface area contributed by atoms with Gasteiger partial charge in [0.1, 0.15) is 0 Å². The Morgan fingerprint density at radius 2 is 1.86 bits per heavy atom. The van der Waals surface area contributed by atoms with E-state index in [-0.39, 0.29) is 5.68 Å². The van der Waals surface area contributed by atoms with Gasteiger partial charge in [-0.3, -0.25) is 0 Å². The normalized spacial score (nSPS) is 11.3. The monoisotopic (exact) mass is 498 g/mol. The van der Waals surface area contributed by atoms with Crippen molar-refractivity contribution in [3.8, 4) is 11.3 Å². The van der Waals surface area contributed by atoms with Crippen molar-refractivity contribution in [1.29, 1.82) is 0 Å². The number of nitrogens with zero attached hydrogens (tertiary/aromatic N) is 1. The highest BCUT2D eigenvalue weighted by Crippen LogP contribution is 2.33. The zero-order chi connectivity index (χ0) is 19.8. The summed E-state index contributed by atoms with van der Waals surface area (Å²) in [4.78, 5) is 21.3. The molecular formula is C21H17BBr2N2O2. The maximum atomic E-state index is 13.2. The van der Waals surface area contributed by atoms with Gasteiger partial charge in [0, 0.05) is 49.7 Å². The number of H-pyrrole nitrogens is 1. The van der Waals surface area contributed by atoms with Crippen molar-refractivity contribution in [3.63, 3.8) is 0 Å². The lowest BCUT2D eigenvalue weighted by atomic mass is 9.58. The molecule has 0 aliphatic rings. The molecule has 2 aromatic carbocycles. The number of carbonyl (C=O) groups excluding carboxylic acids is 1. The highest BCUT2D eigenvalue weighted by Gasteiger charge is 2.26.